The van der Waals surface area contributed by atoms with Crippen LogP contribution in [0.2, 0.25) is 0 Å². The number of hydrogen-bond acceptors (Lipinski definition) is 5. The number of fused-ring (bicyclic) bond motifs is 1. The standard InChI is InChI=1S/C14H13N3O2/c1-9-7-13(17-19-9)16-8-10-4-5-12(18)14-11(10)3-2-6-15-14/h2-7,18H,8H2,1H3,(H,16,17). The number of rotatable bonds is 3. The number of nitrogens with zero attached hydrogens (tertiary/aromatic N) is 2. The van der Waals surface area contributed by atoms with Crippen LogP contribution in [-0.4, -0.2) is 15.2 Å². The van der Waals surface area contributed by atoms with Gasteiger partial charge in [0.25, 0.3) is 0 Å². The van der Waals surface area contributed by atoms with E-state index in [9.17, 15) is 5.11 Å². The van der Waals surface area contributed by atoms with Crippen LogP contribution in [0.25, 0.3) is 10.9 Å². The molecule has 0 fully saturated rings. The molecule has 2 aromatic heterocycles. The summed E-state index contributed by atoms with van der Waals surface area (Å²) in [4.78, 5) is 4.19. The van der Waals surface area contributed by atoms with Crippen molar-refractivity contribution >= 4 is 16.7 Å². The number of anilines is 1. The first kappa shape index (κ1) is 11.5. The third-order valence-corrected chi connectivity index (χ3v) is 2.93. The Balaban J connectivity index is 1.91. The minimum absolute atomic E-state index is 0.191. The molecule has 0 amide bonds. The van der Waals surface area contributed by atoms with Gasteiger partial charge >= 0.3 is 0 Å². The van der Waals surface area contributed by atoms with Gasteiger partial charge in [0, 0.05) is 24.2 Å². The van der Waals surface area contributed by atoms with E-state index in [1.807, 2.05) is 31.2 Å². The molecule has 5 nitrogen and oxygen atoms in total. The predicted molar refractivity (Wildman–Crippen MR) is 72.0 cm³/mol. The number of aromatic hydroxyl groups is 1. The van der Waals surface area contributed by atoms with Crippen LogP contribution in [0, 0.1) is 6.92 Å². The topological polar surface area (TPSA) is 71.2 Å². The first-order valence-electron chi connectivity index (χ1n) is 5.97. The van der Waals surface area contributed by atoms with Gasteiger partial charge in [0.1, 0.15) is 17.0 Å². The summed E-state index contributed by atoms with van der Waals surface area (Å²) < 4.78 is 4.99. The van der Waals surface area contributed by atoms with Crippen LogP contribution in [0.15, 0.2) is 41.1 Å². The number of pyridine rings is 1. The Bertz CT molecular complexity index is 722. The van der Waals surface area contributed by atoms with Gasteiger partial charge in [-0.25, -0.2) is 0 Å². The van der Waals surface area contributed by atoms with Crippen LogP contribution in [0.4, 0.5) is 5.82 Å². The molecule has 1 aromatic carbocycles. The van der Waals surface area contributed by atoms with Crippen LogP contribution in [0.5, 0.6) is 5.75 Å². The van der Waals surface area contributed by atoms with Crippen molar-refractivity contribution < 1.29 is 9.63 Å². The van der Waals surface area contributed by atoms with Gasteiger partial charge in [-0.05, 0) is 24.6 Å². The monoisotopic (exact) mass is 255 g/mol. The van der Waals surface area contributed by atoms with Crippen molar-refractivity contribution in [2.75, 3.05) is 5.32 Å². The minimum atomic E-state index is 0.191. The third kappa shape index (κ3) is 2.22. The zero-order chi connectivity index (χ0) is 13.2. The summed E-state index contributed by atoms with van der Waals surface area (Å²) in [5.74, 6) is 1.65. The lowest BCUT2D eigenvalue weighted by Gasteiger charge is -2.07. The molecule has 3 aromatic rings. The summed E-state index contributed by atoms with van der Waals surface area (Å²) >= 11 is 0. The highest BCUT2D eigenvalue weighted by Crippen LogP contribution is 2.25. The van der Waals surface area contributed by atoms with Crippen LogP contribution >= 0.6 is 0 Å². The summed E-state index contributed by atoms with van der Waals surface area (Å²) in [7, 11) is 0. The molecule has 2 N–H and O–H groups in total. The average Bonchev–Trinajstić information content (AvgIpc) is 2.84. The fourth-order valence-electron chi connectivity index (χ4n) is 2.01. The SMILES string of the molecule is Cc1cc(NCc2ccc(O)c3ncccc23)no1. The summed E-state index contributed by atoms with van der Waals surface area (Å²) in [6.45, 7) is 2.44. The van der Waals surface area contributed by atoms with Crippen molar-refractivity contribution in [3.05, 3.63) is 47.9 Å². The zero-order valence-electron chi connectivity index (χ0n) is 10.4. The molecule has 0 unspecified atom stereocenters. The molecule has 19 heavy (non-hydrogen) atoms. The number of nitrogens with one attached hydrogen (secondary N) is 1. The van der Waals surface area contributed by atoms with E-state index in [4.69, 9.17) is 4.52 Å². The number of aryl methyl sites for hydroxylation is 1. The van der Waals surface area contributed by atoms with E-state index >= 15 is 0 Å². The van der Waals surface area contributed by atoms with Crippen molar-refractivity contribution in [3.8, 4) is 5.75 Å². The lowest BCUT2D eigenvalue weighted by atomic mass is 10.1. The quantitative estimate of drug-likeness (QED) is 0.753. The van der Waals surface area contributed by atoms with Crippen molar-refractivity contribution in [2.45, 2.75) is 13.5 Å². The first-order valence-corrected chi connectivity index (χ1v) is 5.97. The summed E-state index contributed by atoms with van der Waals surface area (Å²) in [5.41, 5.74) is 1.65. The largest absolute Gasteiger partial charge is 0.506 e. The van der Waals surface area contributed by atoms with E-state index in [0.717, 1.165) is 16.7 Å². The number of aromatic nitrogens is 2. The average molecular weight is 255 g/mol. The number of hydrogen-bond donors (Lipinski definition) is 2. The van der Waals surface area contributed by atoms with E-state index in [1.165, 1.54) is 0 Å². The first-order chi connectivity index (χ1) is 9.24. The molecular formula is C14H13N3O2. The van der Waals surface area contributed by atoms with E-state index in [-0.39, 0.29) is 5.75 Å². The number of phenols is 1. The van der Waals surface area contributed by atoms with E-state index in [0.29, 0.717) is 17.9 Å². The Kier molecular flexibility index (Phi) is 2.79. The van der Waals surface area contributed by atoms with Gasteiger partial charge in [0.05, 0.1) is 0 Å². The molecule has 0 saturated heterocycles. The van der Waals surface area contributed by atoms with E-state index in [1.54, 1.807) is 12.3 Å². The summed E-state index contributed by atoms with van der Waals surface area (Å²) in [6.07, 6.45) is 1.67. The smallest absolute Gasteiger partial charge is 0.169 e. The molecule has 0 aliphatic heterocycles. The van der Waals surface area contributed by atoms with Gasteiger partial charge in [-0.2, -0.15) is 0 Å². The molecule has 96 valence electrons. The molecule has 0 bridgehead atoms. The molecular weight excluding hydrogens is 242 g/mol. The maximum Gasteiger partial charge on any atom is 0.169 e. The van der Waals surface area contributed by atoms with Gasteiger partial charge in [-0.1, -0.05) is 17.3 Å². The second kappa shape index (κ2) is 4.61. The lowest BCUT2D eigenvalue weighted by Crippen LogP contribution is -2.00. The van der Waals surface area contributed by atoms with Crippen molar-refractivity contribution in [3.63, 3.8) is 0 Å². The van der Waals surface area contributed by atoms with Crippen molar-refractivity contribution in [1.29, 1.82) is 0 Å². The van der Waals surface area contributed by atoms with Gasteiger partial charge in [0.2, 0.25) is 0 Å². The van der Waals surface area contributed by atoms with E-state index < -0.39 is 0 Å². The van der Waals surface area contributed by atoms with Crippen LogP contribution in [0.3, 0.4) is 0 Å². The lowest BCUT2D eigenvalue weighted by molar-refractivity contribution is 0.399. The number of phenolic OH excluding ortho intramolecular Hbond substituents is 1. The van der Waals surface area contributed by atoms with Crippen molar-refractivity contribution in [2.24, 2.45) is 0 Å². The molecule has 0 aliphatic carbocycles. The van der Waals surface area contributed by atoms with Gasteiger partial charge in [-0.15, -0.1) is 0 Å². The Morgan fingerprint density at radius 1 is 1.32 bits per heavy atom. The third-order valence-electron chi connectivity index (χ3n) is 2.93. The number of benzene rings is 1. The highest BCUT2D eigenvalue weighted by Gasteiger charge is 2.06. The van der Waals surface area contributed by atoms with E-state index in [2.05, 4.69) is 15.5 Å². The predicted octanol–water partition coefficient (Wildman–Crippen LogP) is 2.85. The highest BCUT2D eigenvalue weighted by atomic mass is 16.5. The Morgan fingerprint density at radius 2 is 2.21 bits per heavy atom. The fraction of sp³-hybridized carbons (Fsp3) is 0.143. The molecule has 0 spiro atoms. The molecule has 0 saturated carbocycles. The van der Waals surface area contributed by atoms with Gasteiger partial charge in [0.15, 0.2) is 5.82 Å². The normalized spacial score (nSPS) is 10.8. The second-order valence-electron chi connectivity index (χ2n) is 4.32. The molecule has 0 aliphatic rings. The Hall–Kier alpha value is -2.56. The minimum Gasteiger partial charge on any atom is -0.506 e. The highest BCUT2D eigenvalue weighted by molar-refractivity contribution is 5.87. The second-order valence-corrected chi connectivity index (χ2v) is 4.32. The Labute approximate surface area is 109 Å². The molecule has 5 heteroatoms. The van der Waals surface area contributed by atoms with Gasteiger partial charge in [-0.3, -0.25) is 4.98 Å². The maximum atomic E-state index is 9.77. The summed E-state index contributed by atoms with van der Waals surface area (Å²) in [5, 5.41) is 17.8. The Morgan fingerprint density at radius 3 is 3.00 bits per heavy atom. The molecule has 3 rings (SSSR count). The zero-order valence-corrected chi connectivity index (χ0v) is 10.4. The van der Waals surface area contributed by atoms with Crippen molar-refractivity contribution in [1.82, 2.24) is 10.1 Å². The molecule has 0 radical (unpaired) electrons. The van der Waals surface area contributed by atoms with Crippen LogP contribution in [-0.2, 0) is 6.54 Å². The summed E-state index contributed by atoms with van der Waals surface area (Å²) in [6, 6.07) is 9.15. The van der Waals surface area contributed by atoms with Gasteiger partial charge < -0.3 is 14.9 Å². The fourth-order valence-corrected chi connectivity index (χ4v) is 2.01. The van der Waals surface area contributed by atoms with Crippen LogP contribution in [0.1, 0.15) is 11.3 Å². The molecule has 2 heterocycles. The molecule has 0 atom stereocenters. The van der Waals surface area contributed by atoms with Crippen LogP contribution < -0.4 is 5.32 Å². The maximum absolute atomic E-state index is 9.77.